The fraction of sp³-hybridized carbons (Fsp3) is 0.200. The fourth-order valence-electron chi connectivity index (χ4n) is 2.95. The van der Waals surface area contributed by atoms with Crippen molar-refractivity contribution >= 4 is 22.9 Å². The molecule has 126 valence electrons. The van der Waals surface area contributed by atoms with Crippen molar-refractivity contribution in [3.05, 3.63) is 66.6 Å². The summed E-state index contributed by atoms with van der Waals surface area (Å²) in [6, 6.07) is 15.4. The first-order valence-electron chi connectivity index (χ1n) is 8.31. The Hall–Kier alpha value is -3.08. The molecule has 1 aliphatic rings. The van der Waals surface area contributed by atoms with Gasteiger partial charge >= 0.3 is 0 Å². The van der Waals surface area contributed by atoms with E-state index in [4.69, 9.17) is 9.15 Å². The molecular formula is C20H18N2O3. The topological polar surface area (TPSA) is 55.6 Å². The number of ether oxygens (including phenoxy) is 1. The molecule has 1 saturated heterocycles. The Kier molecular flexibility index (Phi) is 4.21. The molecule has 4 rings (SSSR count). The largest absolute Gasteiger partial charge is 0.472 e. The van der Waals surface area contributed by atoms with Crippen molar-refractivity contribution in [1.29, 1.82) is 0 Å². The van der Waals surface area contributed by atoms with Crippen molar-refractivity contribution in [3.63, 3.8) is 0 Å². The molecule has 3 heterocycles. The number of furan rings is 1. The molecule has 0 bridgehead atoms. The molecular weight excluding hydrogens is 316 g/mol. The zero-order valence-corrected chi connectivity index (χ0v) is 13.7. The second kappa shape index (κ2) is 6.81. The molecule has 25 heavy (non-hydrogen) atoms. The first kappa shape index (κ1) is 15.4. The Morgan fingerprint density at radius 3 is 3.00 bits per heavy atom. The molecule has 0 N–H and O–H groups in total. The molecule has 1 fully saturated rings. The van der Waals surface area contributed by atoms with E-state index in [9.17, 15) is 4.79 Å². The van der Waals surface area contributed by atoms with Gasteiger partial charge in [-0.3, -0.25) is 4.79 Å². The molecule has 5 heteroatoms. The first-order valence-corrected chi connectivity index (χ1v) is 8.31. The summed E-state index contributed by atoms with van der Waals surface area (Å²) in [5, 5.41) is 1.08. The number of aromatic nitrogens is 1. The number of hydrogen-bond acceptors (Lipinski definition) is 4. The zero-order chi connectivity index (χ0) is 17.1. The van der Waals surface area contributed by atoms with Crippen molar-refractivity contribution in [2.45, 2.75) is 12.5 Å². The Labute approximate surface area is 145 Å². The Morgan fingerprint density at radius 1 is 1.20 bits per heavy atom. The quantitative estimate of drug-likeness (QED) is 0.685. The van der Waals surface area contributed by atoms with Gasteiger partial charge in [0.15, 0.2) is 0 Å². The summed E-state index contributed by atoms with van der Waals surface area (Å²) in [4.78, 5) is 18.5. The molecule has 0 spiro atoms. The van der Waals surface area contributed by atoms with Gasteiger partial charge in [0.05, 0.1) is 18.3 Å². The van der Waals surface area contributed by atoms with Crippen LogP contribution in [0, 0.1) is 0 Å². The Bertz CT molecular complexity index is 902. The van der Waals surface area contributed by atoms with Gasteiger partial charge in [-0.1, -0.05) is 18.2 Å². The molecule has 1 aromatic carbocycles. The Morgan fingerprint density at radius 2 is 2.12 bits per heavy atom. The van der Waals surface area contributed by atoms with Gasteiger partial charge in [-0.15, -0.1) is 0 Å². The summed E-state index contributed by atoms with van der Waals surface area (Å²) in [7, 11) is 0. The molecule has 1 aliphatic heterocycles. The minimum absolute atomic E-state index is 0.0328. The highest BCUT2D eigenvalue weighted by Gasteiger charge is 2.26. The highest BCUT2D eigenvalue weighted by molar-refractivity contribution is 5.91. The number of carbonyl (C=O) groups excluding carboxylic acids is 1. The zero-order valence-electron chi connectivity index (χ0n) is 13.7. The van der Waals surface area contributed by atoms with Crippen LogP contribution >= 0.6 is 0 Å². The van der Waals surface area contributed by atoms with Gasteiger partial charge in [-0.05, 0) is 30.3 Å². The van der Waals surface area contributed by atoms with Crippen LogP contribution in [0.15, 0.2) is 65.3 Å². The number of para-hydroxylation sites is 1. The second-order valence-electron chi connectivity index (χ2n) is 6.00. The third kappa shape index (κ3) is 3.55. The average Bonchev–Trinajstić information content (AvgIpc) is 3.31. The van der Waals surface area contributed by atoms with Crippen LogP contribution in [0.3, 0.4) is 0 Å². The summed E-state index contributed by atoms with van der Waals surface area (Å²) >= 11 is 0. The normalized spacial score (nSPS) is 17.4. The van der Waals surface area contributed by atoms with Gasteiger partial charge in [0, 0.05) is 30.5 Å². The molecule has 1 unspecified atom stereocenters. The lowest BCUT2D eigenvalue weighted by Gasteiger charge is -2.15. The lowest BCUT2D eigenvalue weighted by molar-refractivity contribution is -0.125. The van der Waals surface area contributed by atoms with Crippen LogP contribution in [-0.4, -0.2) is 35.0 Å². The monoisotopic (exact) mass is 334 g/mol. The molecule has 0 radical (unpaired) electrons. The van der Waals surface area contributed by atoms with Crippen LogP contribution < -0.4 is 4.74 Å². The maximum atomic E-state index is 12.2. The molecule has 2 aromatic heterocycles. The molecule has 0 saturated carbocycles. The minimum atomic E-state index is -0.0334. The third-order valence-corrected chi connectivity index (χ3v) is 4.25. The summed E-state index contributed by atoms with van der Waals surface area (Å²) in [5.41, 5.74) is 0.910. The summed E-state index contributed by atoms with van der Waals surface area (Å²) in [6.07, 6.45) is 5.57. The number of likely N-dealkylation sites (tertiary alicyclic amines) is 1. The predicted molar refractivity (Wildman–Crippen MR) is 95.1 cm³/mol. The smallest absolute Gasteiger partial charge is 0.246 e. The van der Waals surface area contributed by atoms with Crippen molar-refractivity contribution in [2.24, 2.45) is 0 Å². The summed E-state index contributed by atoms with van der Waals surface area (Å²) < 4.78 is 11.2. The maximum absolute atomic E-state index is 12.2. The van der Waals surface area contributed by atoms with E-state index >= 15 is 0 Å². The highest BCUT2D eigenvalue weighted by Crippen LogP contribution is 2.20. The van der Waals surface area contributed by atoms with Gasteiger partial charge in [0.1, 0.15) is 11.9 Å². The lowest BCUT2D eigenvalue weighted by Crippen LogP contribution is -2.29. The minimum Gasteiger partial charge on any atom is -0.472 e. The number of rotatable bonds is 4. The maximum Gasteiger partial charge on any atom is 0.246 e. The van der Waals surface area contributed by atoms with Gasteiger partial charge in [-0.2, -0.15) is 0 Å². The average molecular weight is 334 g/mol. The SMILES string of the molecule is O=C(/C=C/c1ccco1)N1CCC(Oc2ccc3ccccc3n2)C1. The lowest BCUT2D eigenvalue weighted by atomic mass is 10.2. The van der Waals surface area contributed by atoms with E-state index in [-0.39, 0.29) is 12.0 Å². The number of fused-ring (bicyclic) bond motifs is 1. The van der Waals surface area contributed by atoms with E-state index in [1.807, 2.05) is 42.5 Å². The summed E-state index contributed by atoms with van der Waals surface area (Å²) in [6.45, 7) is 1.25. The van der Waals surface area contributed by atoms with E-state index < -0.39 is 0 Å². The van der Waals surface area contributed by atoms with E-state index in [2.05, 4.69) is 4.98 Å². The number of pyridine rings is 1. The van der Waals surface area contributed by atoms with Crippen LogP contribution in [-0.2, 0) is 4.79 Å². The predicted octanol–water partition coefficient (Wildman–Crippen LogP) is 3.52. The number of nitrogens with zero attached hydrogens (tertiary/aromatic N) is 2. The molecule has 5 nitrogen and oxygen atoms in total. The van der Waals surface area contributed by atoms with Crippen LogP contribution in [0.1, 0.15) is 12.2 Å². The molecule has 3 aromatic rings. The number of benzene rings is 1. The standard InChI is InChI=1S/C20H18N2O3/c23-20(10-8-16-5-3-13-24-16)22-12-11-17(14-22)25-19-9-7-15-4-1-2-6-18(15)21-19/h1-10,13,17H,11-12,14H2/b10-8+. The fourth-order valence-corrected chi connectivity index (χ4v) is 2.95. The van der Waals surface area contributed by atoms with Crippen LogP contribution in [0.5, 0.6) is 5.88 Å². The highest BCUT2D eigenvalue weighted by atomic mass is 16.5. The van der Waals surface area contributed by atoms with E-state index in [0.717, 1.165) is 17.3 Å². The van der Waals surface area contributed by atoms with Gasteiger partial charge < -0.3 is 14.1 Å². The third-order valence-electron chi connectivity index (χ3n) is 4.25. The van der Waals surface area contributed by atoms with Crippen molar-refractivity contribution < 1.29 is 13.9 Å². The molecule has 1 atom stereocenters. The van der Waals surface area contributed by atoms with Gasteiger partial charge in [0.2, 0.25) is 11.8 Å². The van der Waals surface area contributed by atoms with Gasteiger partial charge in [-0.25, -0.2) is 4.98 Å². The van der Waals surface area contributed by atoms with E-state index in [1.54, 1.807) is 23.3 Å². The van der Waals surface area contributed by atoms with E-state index in [0.29, 0.717) is 24.7 Å². The molecule has 1 amide bonds. The molecule has 0 aliphatic carbocycles. The first-order chi connectivity index (χ1) is 12.3. The van der Waals surface area contributed by atoms with Gasteiger partial charge in [0.25, 0.3) is 0 Å². The van der Waals surface area contributed by atoms with Crippen LogP contribution in [0.4, 0.5) is 0 Å². The summed E-state index contributed by atoms with van der Waals surface area (Å²) in [5.74, 6) is 1.24. The van der Waals surface area contributed by atoms with E-state index in [1.165, 1.54) is 6.08 Å². The van der Waals surface area contributed by atoms with Crippen LogP contribution in [0.25, 0.3) is 17.0 Å². The number of carbonyl (C=O) groups is 1. The van der Waals surface area contributed by atoms with Crippen molar-refractivity contribution in [3.8, 4) is 5.88 Å². The van der Waals surface area contributed by atoms with Crippen LogP contribution in [0.2, 0.25) is 0 Å². The Balaban J connectivity index is 1.37. The van der Waals surface area contributed by atoms with Crippen molar-refractivity contribution in [2.75, 3.05) is 13.1 Å². The van der Waals surface area contributed by atoms with Crippen molar-refractivity contribution in [1.82, 2.24) is 9.88 Å². The number of amides is 1. The number of hydrogen-bond donors (Lipinski definition) is 0. The second-order valence-corrected chi connectivity index (χ2v) is 6.00.